The van der Waals surface area contributed by atoms with Crippen LogP contribution >= 0.6 is 0 Å². The average molecular weight is 193 g/mol. The van der Waals surface area contributed by atoms with E-state index in [9.17, 15) is 0 Å². The molecule has 1 aliphatic heterocycles. The summed E-state index contributed by atoms with van der Waals surface area (Å²) >= 11 is 0. The maximum absolute atomic E-state index is 4.54. The molecule has 0 atom stereocenters. The van der Waals surface area contributed by atoms with Crippen molar-refractivity contribution >= 4 is 0 Å². The second-order valence-corrected chi connectivity index (χ2v) is 4.33. The fraction of sp³-hybridized carbons (Fsp3) is 0.727. The van der Waals surface area contributed by atoms with Gasteiger partial charge in [-0.05, 0) is 51.8 Å². The van der Waals surface area contributed by atoms with E-state index in [1.54, 1.807) is 0 Å². The molecule has 3 heteroatoms. The number of hydrogen-bond donors (Lipinski definition) is 1. The number of aromatic nitrogens is 2. The molecule has 2 heterocycles. The van der Waals surface area contributed by atoms with Gasteiger partial charge < -0.3 is 5.32 Å². The van der Waals surface area contributed by atoms with Crippen LogP contribution in [0.1, 0.15) is 23.4 Å². The highest BCUT2D eigenvalue weighted by atomic mass is 15.3. The standard InChI is InChI=1S/C11H19N3/c1-8-9(2)13-14(10(8)3)5-4-11-6-12-7-11/h11-12H,4-7H2,1-3H3. The Labute approximate surface area is 85.5 Å². The van der Waals surface area contributed by atoms with Gasteiger partial charge in [-0.15, -0.1) is 0 Å². The zero-order valence-electron chi connectivity index (χ0n) is 9.30. The second kappa shape index (κ2) is 3.73. The predicted molar refractivity (Wildman–Crippen MR) is 57.4 cm³/mol. The topological polar surface area (TPSA) is 29.9 Å². The van der Waals surface area contributed by atoms with Crippen molar-refractivity contribution in [3.63, 3.8) is 0 Å². The minimum absolute atomic E-state index is 0.874. The lowest BCUT2D eigenvalue weighted by Crippen LogP contribution is -2.42. The second-order valence-electron chi connectivity index (χ2n) is 4.33. The Morgan fingerprint density at radius 2 is 2.07 bits per heavy atom. The number of hydrogen-bond acceptors (Lipinski definition) is 2. The highest BCUT2D eigenvalue weighted by Crippen LogP contribution is 2.14. The van der Waals surface area contributed by atoms with Gasteiger partial charge in [-0.2, -0.15) is 5.10 Å². The molecule has 0 unspecified atom stereocenters. The quantitative estimate of drug-likeness (QED) is 0.786. The predicted octanol–water partition coefficient (Wildman–Crippen LogP) is 1.42. The van der Waals surface area contributed by atoms with Crippen molar-refractivity contribution in [3.8, 4) is 0 Å². The van der Waals surface area contributed by atoms with Crippen molar-refractivity contribution in [2.75, 3.05) is 13.1 Å². The van der Waals surface area contributed by atoms with Crippen molar-refractivity contribution in [2.24, 2.45) is 5.92 Å². The summed E-state index contributed by atoms with van der Waals surface area (Å²) in [6.45, 7) is 9.86. The van der Waals surface area contributed by atoms with Crippen molar-refractivity contribution in [2.45, 2.75) is 33.7 Å². The summed E-state index contributed by atoms with van der Waals surface area (Å²) < 4.78 is 2.16. The van der Waals surface area contributed by atoms with E-state index < -0.39 is 0 Å². The minimum atomic E-state index is 0.874. The van der Waals surface area contributed by atoms with Crippen molar-refractivity contribution in [1.82, 2.24) is 15.1 Å². The van der Waals surface area contributed by atoms with Crippen LogP contribution in [0.3, 0.4) is 0 Å². The van der Waals surface area contributed by atoms with Crippen LogP contribution in [0.4, 0.5) is 0 Å². The molecular weight excluding hydrogens is 174 g/mol. The molecular formula is C11H19N3. The molecule has 1 N–H and O–H groups in total. The zero-order chi connectivity index (χ0) is 10.1. The molecule has 2 rings (SSSR count). The number of nitrogens with zero attached hydrogens (tertiary/aromatic N) is 2. The molecule has 0 bridgehead atoms. The number of aryl methyl sites for hydroxylation is 2. The first-order valence-electron chi connectivity index (χ1n) is 5.40. The Morgan fingerprint density at radius 1 is 1.36 bits per heavy atom. The molecule has 0 aromatic carbocycles. The van der Waals surface area contributed by atoms with Gasteiger partial charge >= 0.3 is 0 Å². The smallest absolute Gasteiger partial charge is 0.0625 e. The normalized spacial score (nSPS) is 17.1. The molecule has 0 amide bonds. The van der Waals surface area contributed by atoms with E-state index in [1.165, 1.54) is 36.5 Å². The van der Waals surface area contributed by atoms with Crippen LogP contribution in [0.2, 0.25) is 0 Å². The monoisotopic (exact) mass is 193 g/mol. The summed E-state index contributed by atoms with van der Waals surface area (Å²) in [5.74, 6) is 0.874. The molecule has 0 spiro atoms. The first kappa shape index (κ1) is 9.71. The van der Waals surface area contributed by atoms with Crippen LogP contribution in [0.15, 0.2) is 0 Å². The van der Waals surface area contributed by atoms with Crippen molar-refractivity contribution in [3.05, 3.63) is 17.0 Å². The van der Waals surface area contributed by atoms with Crippen molar-refractivity contribution < 1.29 is 0 Å². The SMILES string of the molecule is Cc1nn(CCC2CNC2)c(C)c1C. The lowest BCUT2D eigenvalue weighted by Gasteiger charge is -2.27. The number of nitrogens with one attached hydrogen (secondary N) is 1. The van der Waals surface area contributed by atoms with E-state index >= 15 is 0 Å². The molecule has 78 valence electrons. The van der Waals surface area contributed by atoms with E-state index in [4.69, 9.17) is 0 Å². The van der Waals surface area contributed by atoms with Crippen LogP contribution in [-0.2, 0) is 6.54 Å². The fourth-order valence-electron chi connectivity index (χ4n) is 1.86. The highest BCUT2D eigenvalue weighted by molar-refractivity contribution is 5.22. The van der Waals surface area contributed by atoms with E-state index in [-0.39, 0.29) is 0 Å². The number of rotatable bonds is 3. The summed E-state index contributed by atoms with van der Waals surface area (Å²) in [5.41, 5.74) is 3.85. The van der Waals surface area contributed by atoms with Gasteiger partial charge in [0, 0.05) is 12.2 Å². The van der Waals surface area contributed by atoms with E-state index in [1.807, 2.05) is 0 Å². The van der Waals surface area contributed by atoms with E-state index in [2.05, 4.69) is 35.9 Å². The third kappa shape index (κ3) is 1.69. The van der Waals surface area contributed by atoms with Gasteiger partial charge in [0.2, 0.25) is 0 Å². The fourth-order valence-corrected chi connectivity index (χ4v) is 1.86. The first-order valence-corrected chi connectivity index (χ1v) is 5.40. The van der Waals surface area contributed by atoms with Gasteiger partial charge in [0.15, 0.2) is 0 Å². The summed E-state index contributed by atoms with van der Waals surface area (Å²) in [4.78, 5) is 0. The molecule has 1 saturated heterocycles. The molecule has 14 heavy (non-hydrogen) atoms. The van der Waals surface area contributed by atoms with Gasteiger partial charge in [-0.25, -0.2) is 0 Å². The van der Waals surface area contributed by atoms with Gasteiger partial charge in [0.25, 0.3) is 0 Å². The molecule has 3 nitrogen and oxygen atoms in total. The molecule has 1 aromatic rings. The average Bonchev–Trinajstić information content (AvgIpc) is 2.31. The van der Waals surface area contributed by atoms with Gasteiger partial charge in [-0.1, -0.05) is 0 Å². The largest absolute Gasteiger partial charge is 0.316 e. The summed E-state index contributed by atoms with van der Waals surface area (Å²) in [6.07, 6.45) is 1.26. The summed E-state index contributed by atoms with van der Waals surface area (Å²) in [6, 6.07) is 0. The van der Waals surface area contributed by atoms with Gasteiger partial charge in [0.1, 0.15) is 0 Å². The maximum Gasteiger partial charge on any atom is 0.0625 e. The van der Waals surface area contributed by atoms with Crippen LogP contribution in [0.25, 0.3) is 0 Å². The van der Waals surface area contributed by atoms with Gasteiger partial charge in [-0.3, -0.25) is 4.68 Å². The van der Waals surface area contributed by atoms with Crippen LogP contribution in [0, 0.1) is 26.7 Å². The highest BCUT2D eigenvalue weighted by Gasteiger charge is 2.17. The molecule has 0 radical (unpaired) electrons. The molecule has 0 aliphatic carbocycles. The Hall–Kier alpha value is -0.830. The molecule has 1 fully saturated rings. The Bertz CT molecular complexity index is 324. The Balaban J connectivity index is 1.97. The zero-order valence-corrected chi connectivity index (χ0v) is 9.30. The Morgan fingerprint density at radius 3 is 2.50 bits per heavy atom. The van der Waals surface area contributed by atoms with Crippen molar-refractivity contribution in [1.29, 1.82) is 0 Å². The Kier molecular flexibility index (Phi) is 2.59. The minimum Gasteiger partial charge on any atom is -0.316 e. The van der Waals surface area contributed by atoms with Crippen LogP contribution < -0.4 is 5.32 Å². The molecule has 1 aromatic heterocycles. The molecule has 1 aliphatic rings. The lowest BCUT2D eigenvalue weighted by molar-refractivity contribution is 0.305. The summed E-state index contributed by atoms with van der Waals surface area (Å²) in [7, 11) is 0. The van der Waals surface area contributed by atoms with E-state index in [0.717, 1.165) is 12.5 Å². The van der Waals surface area contributed by atoms with Gasteiger partial charge in [0.05, 0.1) is 5.69 Å². The first-order chi connectivity index (χ1) is 6.68. The summed E-state index contributed by atoms with van der Waals surface area (Å²) in [5, 5.41) is 7.84. The maximum atomic E-state index is 4.54. The molecule has 0 saturated carbocycles. The third-order valence-electron chi connectivity index (χ3n) is 3.36. The van der Waals surface area contributed by atoms with E-state index in [0.29, 0.717) is 0 Å². The lowest BCUT2D eigenvalue weighted by atomic mass is 10.00. The van der Waals surface area contributed by atoms with Crippen LogP contribution in [0.5, 0.6) is 0 Å². The third-order valence-corrected chi connectivity index (χ3v) is 3.36. The van der Waals surface area contributed by atoms with Crippen LogP contribution in [-0.4, -0.2) is 22.9 Å².